The largest absolute Gasteiger partial charge is 0.508 e. The van der Waals surface area contributed by atoms with Crippen molar-refractivity contribution >= 4 is 16.9 Å². The Morgan fingerprint density at radius 1 is 1.09 bits per heavy atom. The minimum Gasteiger partial charge on any atom is -0.508 e. The van der Waals surface area contributed by atoms with Crippen molar-refractivity contribution in [2.75, 3.05) is 26.2 Å². The molecule has 3 N–H and O–H groups in total. The van der Waals surface area contributed by atoms with Gasteiger partial charge in [-0.15, -0.1) is 0 Å². The van der Waals surface area contributed by atoms with Crippen LogP contribution in [-0.2, 0) is 6.42 Å². The number of aromatic amines is 1. The van der Waals surface area contributed by atoms with Gasteiger partial charge in [-0.1, -0.05) is 18.2 Å². The average Bonchev–Trinajstić information content (AvgIpc) is 3.39. The molecule has 2 saturated heterocycles. The van der Waals surface area contributed by atoms with Gasteiger partial charge < -0.3 is 20.3 Å². The number of aliphatic imine (C=N–C) groups is 1. The number of fused-ring (bicyclic) bond motifs is 4. The van der Waals surface area contributed by atoms with Crippen LogP contribution >= 0.6 is 0 Å². The molecule has 33 heavy (non-hydrogen) atoms. The average molecular weight is 446 g/mol. The Bertz CT molecular complexity index is 1250. The minimum atomic E-state index is 0.00612. The summed E-state index contributed by atoms with van der Waals surface area (Å²) in [7, 11) is 0. The number of nitrogens with zero attached hydrogens (tertiary/aromatic N) is 3. The Kier molecular flexibility index (Phi) is 5.21. The topological polar surface area (TPSA) is 85.7 Å². The van der Waals surface area contributed by atoms with Gasteiger partial charge in [0.2, 0.25) is 0 Å². The molecule has 6 rings (SSSR count). The number of rotatable bonds is 4. The molecule has 7 nitrogen and oxygen atoms in total. The van der Waals surface area contributed by atoms with Crippen molar-refractivity contribution in [1.82, 2.24) is 19.8 Å². The number of aromatic hydroxyl groups is 1. The third kappa shape index (κ3) is 3.84. The number of amidine groups is 1. The maximum atomic E-state index is 12.5. The number of piperidine rings is 1. The van der Waals surface area contributed by atoms with E-state index in [1.807, 2.05) is 41.0 Å². The second-order valence-corrected chi connectivity index (χ2v) is 9.70. The van der Waals surface area contributed by atoms with Crippen LogP contribution in [0.5, 0.6) is 5.75 Å². The number of hydrogen-bond acceptors (Lipinski definition) is 4. The third-order valence-corrected chi connectivity index (χ3v) is 7.77. The summed E-state index contributed by atoms with van der Waals surface area (Å²) >= 11 is 0. The Morgan fingerprint density at radius 2 is 1.94 bits per heavy atom. The van der Waals surface area contributed by atoms with Gasteiger partial charge in [-0.05, 0) is 61.1 Å². The van der Waals surface area contributed by atoms with E-state index in [4.69, 9.17) is 4.99 Å². The van der Waals surface area contributed by atoms with Crippen molar-refractivity contribution in [2.24, 2.45) is 4.99 Å². The number of imidazole rings is 1. The van der Waals surface area contributed by atoms with Crippen LogP contribution in [-0.4, -0.2) is 57.6 Å². The zero-order valence-electron chi connectivity index (χ0n) is 18.8. The van der Waals surface area contributed by atoms with Crippen molar-refractivity contribution < 1.29 is 5.11 Å². The van der Waals surface area contributed by atoms with E-state index in [1.54, 1.807) is 0 Å². The summed E-state index contributed by atoms with van der Waals surface area (Å²) in [5.41, 5.74) is 4.60. The first kappa shape index (κ1) is 20.5. The van der Waals surface area contributed by atoms with Gasteiger partial charge >= 0.3 is 5.69 Å². The molecule has 3 aromatic rings. The predicted octanol–water partition coefficient (Wildman–Crippen LogP) is 3.16. The molecule has 2 aliphatic heterocycles. The van der Waals surface area contributed by atoms with Gasteiger partial charge in [-0.3, -0.25) is 9.56 Å². The lowest BCUT2D eigenvalue weighted by Crippen LogP contribution is -2.38. The van der Waals surface area contributed by atoms with Crippen LogP contribution in [0.4, 0.5) is 0 Å². The molecule has 1 aliphatic carbocycles. The first-order valence-electron chi connectivity index (χ1n) is 12.2. The summed E-state index contributed by atoms with van der Waals surface area (Å²) in [5.74, 6) is 1.97. The minimum absolute atomic E-state index is 0.00612. The van der Waals surface area contributed by atoms with E-state index in [-0.39, 0.29) is 11.7 Å². The molecule has 2 fully saturated rings. The zero-order valence-corrected chi connectivity index (χ0v) is 18.8. The Hall–Kier alpha value is -3.06. The molecule has 1 aromatic heterocycles. The van der Waals surface area contributed by atoms with E-state index in [1.165, 1.54) is 11.1 Å². The van der Waals surface area contributed by atoms with E-state index in [9.17, 15) is 9.90 Å². The third-order valence-electron chi connectivity index (χ3n) is 7.77. The molecule has 2 atom stereocenters. The number of hydrogen-bond donors (Lipinski definition) is 3. The molecular weight excluding hydrogens is 414 g/mol. The number of phenols is 1. The fourth-order valence-corrected chi connectivity index (χ4v) is 6.08. The summed E-state index contributed by atoms with van der Waals surface area (Å²) in [4.78, 5) is 22.9. The van der Waals surface area contributed by atoms with Crippen LogP contribution in [0.1, 0.15) is 48.8 Å². The first-order valence-corrected chi connectivity index (χ1v) is 12.2. The Morgan fingerprint density at radius 3 is 2.82 bits per heavy atom. The summed E-state index contributed by atoms with van der Waals surface area (Å²) in [6.07, 6.45) is 5.06. The number of H-pyrrole nitrogens is 1. The van der Waals surface area contributed by atoms with Gasteiger partial charge in [0.1, 0.15) is 5.75 Å². The van der Waals surface area contributed by atoms with Crippen LogP contribution in [0.2, 0.25) is 0 Å². The van der Waals surface area contributed by atoms with Crippen LogP contribution in [0.3, 0.4) is 0 Å². The number of benzene rings is 2. The number of aryl methyl sites for hydroxylation is 1. The second kappa shape index (κ2) is 8.37. The fourth-order valence-electron chi connectivity index (χ4n) is 6.08. The van der Waals surface area contributed by atoms with Crippen molar-refractivity contribution in [2.45, 2.75) is 50.1 Å². The van der Waals surface area contributed by atoms with Gasteiger partial charge in [0.05, 0.1) is 23.4 Å². The molecule has 2 unspecified atom stereocenters. The summed E-state index contributed by atoms with van der Waals surface area (Å²) in [6.45, 7) is 3.76. The maximum Gasteiger partial charge on any atom is 0.326 e. The lowest BCUT2D eigenvalue weighted by molar-refractivity contribution is 0.191. The van der Waals surface area contributed by atoms with Crippen LogP contribution in [0, 0.1) is 0 Å². The molecule has 0 bridgehead atoms. The van der Waals surface area contributed by atoms with Gasteiger partial charge in [0.25, 0.3) is 0 Å². The molecular formula is C26H31N5O2. The summed E-state index contributed by atoms with van der Waals surface area (Å²) in [5, 5.41) is 13.5. The van der Waals surface area contributed by atoms with Gasteiger partial charge in [0, 0.05) is 44.1 Å². The van der Waals surface area contributed by atoms with Gasteiger partial charge in [0.15, 0.2) is 0 Å². The zero-order chi connectivity index (χ0) is 22.4. The van der Waals surface area contributed by atoms with Crippen LogP contribution < -0.4 is 11.0 Å². The van der Waals surface area contributed by atoms with E-state index < -0.39 is 0 Å². The van der Waals surface area contributed by atoms with E-state index in [2.05, 4.69) is 21.3 Å². The van der Waals surface area contributed by atoms with Crippen LogP contribution in [0.25, 0.3) is 11.0 Å². The predicted molar refractivity (Wildman–Crippen MR) is 130 cm³/mol. The quantitative estimate of drug-likeness (QED) is 0.576. The Balaban J connectivity index is 1.04. The standard InChI is InChI=1S/C26H31N5O2/c32-19-6-7-20-17(15-19)5-8-22-21(20)16-25(28-22)27-11-14-30-12-9-18(10-13-30)31-24-4-2-1-3-23(24)29-26(31)33/h1-4,6-7,15,18,21-22,32H,5,8-14,16H2,(H,27,28)(H,29,33). The lowest BCUT2D eigenvalue weighted by atomic mass is 9.80. The second-order valence-electron chi connectivity index (χ2n) is 9.70. The number of para-hydroxylation sites is 2. The Labute approximate surface area is 193 Å². The number of likely N-dealkylation sites (tertiary alicyclic amines) is 1. The van der Waals surface area contributed by atoms with Crippen molar-refractivity contribution in [3.8, 4) is 5.75 Å². The maximum absolute atomic E-state index is 12.5. The molecule has 7 heteroatoms. The molecule has 3 aliphatic rings. The number of phenolic OH excluding ortho intramolecular Hbond substituents is 1. The molecule has 0 spiro atoms. The molecule has 172 valence electrons. The van der Waals surface area contributed by atoms with E-state index in [0.717, 1.165) is 75.2 Å². The highest BCUT2D eigenvalue weighted by Gasteiger charge is 2.36. The molecule has 2 aromatic carbocycles. The number of aromatic nitrogens is 2. The summed E-state index contributed by atoms with van der Waals surface area (Å²) < 4.78 is 1.95. The van der Waals surface area contributed by atoms with E-state index in [0.29, 0.717) is 17.7 Å². The molecule has 3 heterocycles. The molecule has 0 radical (unpaired) electrons. The number of nitrogens with one attached hydrogen (secondary N) is 2. The lowest BCUT2D eigenvalue weighted by Gasteiger charge is -2.32. The van der Waals surface area contributed by atoms with Gasteiger partial charge in [-0.2, -0.15) is 0 Å². The highest BCUT2D eigenvalue weighted by atomic mass is 16.3. The summed E-state index contributed by atoms with van der Waals surface area (Å²) in [6, 6.07) is 14.5. The molecule has 0 saturated carbocycles. The van der Waals surface area contributed by atoms with Gasteiger partial charge in [-0.25, -0.2) is 4.79 Å². The monoisotopic (exact) mass is 445 g/mol. The van der Waals surface area contributed by atoms with E-state index >= 15 is 0 Å². The van der Waals surface area contributed by atoms with Crippen molar-refractivity contribution in [3.63, 3.8) is 0 Å². The SMILES string of the molecule is O=c1[nH]c2ccccc2n1C1CCN(CCN=C2CC3c4ccc(O)cc4CCC3N2)CC1. The highest BCUT2D eigenvalue weighted by Crippen LogP contribution is 2.39. The van der Waals surface area contributed by atoms with Crippen LogP contribution in [0.15, 0.2) is 52.3 Å². The highest BCUT2D eigenvalue weighted by molar-refractivity contribution is 5.86. The first-order chi connectivity index (χ1) is 16.2. The molecule has 0 amide bonds. The fraction of sp³-hybridized carbons (Fsp3) is 0.462. The smallest absolute Gasteiger partial charge is 0.326 e. The van der Waals surface area contributed by atoms with Crippen molar-refractivity contribution in [3.05, 3.63) is 64.1 Å². The van der Waals surface area contributed by atoms with Crippen molar-refractivity contribution in [1.29, 1.82) is 0 Å². The normalized spacial score (nSPS) is 24.7.